The molecule has 0 saturated heterocycles. The molecule has 0 spiro atoms. The van der Waals surface area contributed by atoms with E-state index in [-0.39, 0.29) is 16.7 Å². The van der Waals surface area contributed by atoms with E-state index in [0.29, 0.717) is 0 Å². The molecule has 1 aromatic carbocycles. The lowest BCUT2D eigenvalue weighted by atomic mass is 10.4. The summed E-state index contributed by atoms with van der Waals surface area (Å²) >= 11 is 3.24. The van der Waals surface area contributed by atoms with E-state index in [2.05, 4.69) is 20.7 Å². The van der Waals surface area contributed by atoms with E-state index in [4.69, 9.17) is 0 Å². The zero-order valence-electron chi connectivity index (χ0n) is 9.51. The Morgan fingerprint density at radius 1 is 1.35 bits per heavy atom. The van der Waals surface area contributed by atoms with Gasteiger partial charge in [-0.25, -0.2) is 13.1 Å². The number of hydrogen-bond donors (Lipinski definition) is 1. The Balaban J connectivity index is 2.76. The van der Waals surface area contributed by atoms with Gasteiger partial charge in [0.25, 0.3) is 0 Å². The minimum atomic E-state index is -3.51. The van der Waals surface area contributed by atoms with E-state index in [9.17, 15) is 12.6 Å². The van der Waals surface area contributed by atoms with Gasteiger partial charge in [-0.2, -0.15) is 0 Å². The van der Waals surface area contributed by atoms with Gasteiger partial charge in [-0.15, -0.1) is 0 Å². The zero-order chi connectivity index (χ0) is 13.1. The second kappa shape index (κ2) is 6.08. The summed E-state index contributed by atoms with van der Waals surface area (Å²) in [6.45, 7) is 1.90. The van der Waals surface area contributed by atoms with Crippen LogP contribution in [0.25, 0.3) is 0 Å². The SMILES string of the molecule is CC(CNS(=O)(=O)c1ccc(Br)cc1)S(C)=O. The van der Waals surface area contributed by atoms with Crippen molar-refractivity contribution in [3.63, 3.8) is 0 Å². The lowest BCUT2D eigenvalue weighted by Crippen LogP contribution is -2.32. The molecular weight excluding hydrogens is 326 g/mol. The summed E-state index contributed by atoms with van der Waals surface area (Å²) in [6, 6.07) is 6.35. The van der Waals surface area contributed by atoms with Crippen LogP contribution < -0.4 is 4.72 Å². The van der Waals surface area contributed by atoms with Crippen LogP contribution in [0.1, 0.15) is 6.92 Å². The fourth-order valence-corrected chi connectivity index (χ4v) is 2.86. The normalized spacial score (nSPS) is 15.5. The van der Waals surface area contributed by atoms with Crippen LogP contribution in [0.5, 0.6) is 0 Å². The van der Waals surface area contributed by atoms with Crippen molar-refractivity contribution < 1.29 is 12.6 Å². The van der Waals surface area contributed by atoms with Crippen molar-refractivity contribution in [2.75, 3.05) is 12.8 Å². The van der Waals surface area contributed by atoms with Gasteiger partial charge >= 0.3 is 0 Å². The third-order valence-corrected chi connectivity index (χ3v) is 5.52. The van der Waals surface area contributed by atoms with Gasteiger partial charge in [0.2, 0.25) is 10.0 Å². The van der Waals surface area contributed by atoms with Crippen molar-refractivity contribution in [3.05, 3.63) is 28.7 Å². The predicted molar refractivity (Wildman–Crippen MR) is 72.9 cm³/mol. The highest BCUT2D eigenvalue weighted by molar-refractivity contribution is 9.10. The molecule has 0 radical (unpaired) electrons. The Morgan fingerprint density at radius 3 is 2.35 bits per heavy atom. The topological polar surface area (TPSA) is 63.2 Å². The molecule has 0 aliphatic heterocycles. The highest BCUT2D eigenvalue weighted by Crippen LogP contribution is 2.14. The predicted octanol–water partition coefficient (Wildman–Crippen LogP) is 1.49. The van der Waals surface area contributed by atoms with Crippen molar-refractivity contribution in [1.82, 2.24) is 4.72 Å². The first kappa shape index (κ1) is 14.8. The number of benzene rings is 1. The molecule has 0 aliphatic rings. The van der Waals surface area contributed by atoms with Gasteiger partial charge in [0.05, 0.1) is 4.90 Å². The third-order valence-electron chi connectivity index (χ3n) is 2.25. The van der Waals surface area contributed by atoms with Crippen molar-refractivity contribution in [1.29, 1.82) is 0 Å². The lowest BCUT2D eigenvalue weighted by molar-refractivity contribution is 0.580. The van der Waals surface area contributed by atoms with Gasteiger partial charge in [-0.3, -0.25) is 4.21 Å². The van der Waals surface area contributed by atoms with Crippen molar-refractivity contribution in [2.24, 2.45) is 0 Å². The van der Waals surface area contributed by atoms with Gasteiger partial charge < -0.3 is 0 Å². The molecule has 96 valence electrons. The molecule has 4 nitrogen and oxygen atoms in total. The zero-order valence-corrected chi connectivity index (χ0v) is 12.7. The maximum absolute atomic E-state index is 11.8. The maximum Gasteiger partial charge on any atom is 0.240 e. The smallest absolute Gasteiger partial charge is 0.240 e. The molecule has 0 amide bonds. The van der Waals surface area contributed by atoms with Crippen LogP contribution in [-0.4, -0.2) is 30.7 Å². The molecular formula is C10H14BrNO3S2. The Kier molecular flexibility index (Phi) is 5.30. The quantitative estimate of drug-likeness (QED) is 0.883. The van der Waals surface area contributed by atoms with Crippen LogP contribution in [0.3, 0.4) is 0 Å². The summed E-state index contributed by atoms with van der Waals surface area (Å²) in [5.41, 5.74) is 0. The fraction of sp³-hybridized carbons (Fsp3) is 0.400. The molecule has 2 unspecified atom stereocenters. The van der Waals surface area contributed by atoms with E-state index in [1.165, 1.54) is 12.1 Å². The molecule has 1 aromatic rings. The molecule has 0 fully saturated rings. The molecule has 0 bridgehead atoms. The summed E-state index contributed by atoms with van der Waals surface area (Å²) in [4.78, 5) is 0.204. The highest BCUT2D eigenvalue weighted by atomic mass is 79.9. The van der Waals surface area contributed by atoms with E-state index < -0.39 is 20.8 Å². The summed E-state index contributed by atoms with van der Waals surface area (Å²) in [7, 11) is -4.55. The molecule has 1 N–H and O–H groups in total. The average molecular weight is 340 g/mol. The average Bonchev–Trinajstić information content (AvgIpc) is 2.26. The van der Waals surface area contributed by atoms with Crippen LogP contribution in [0, 0.1) is 0 Å². The van der Waals surface area contributed by atoms with Gasteiger partial charge in [-0.1, -0.05) is 15.9 Å². The fourth-order valence-electron chi connectivity index (χ4n) is 1.04. The minimum Gasteiger partial charge on any atom is -0.260 e. The second-order valence-electron chi connectivity index (χ2n) is 3.62. The second-order valence-corrected chi connectivity index (χ2v) is 8.10. The monoisotopic (exact) mass is 339 g/mol. The lowest BCUT2D eigenvalue weighted by Gasteiger charge is -2.10. The highest BCUT2D eigenvalue weighted by Gasteiger charge is 2.16. The molecule has 0 aromatic heterocycles. The van der Waals surface area contributed by atoms with Crippen molar-refractivity contribution in [2.45, 2.75) is 17.1 Å². The number of hydrogen-bond acceptors (Lipinski definition) is 3. The first-order valence-corrected chi connectivity index (χ1v) is 8.80. The van der Waals surface area contributed by atoms with Crippen LogP contribution in [0.15, 0.2) is 33.6 Å². The van der Waals surface area contributed by atoms with E-state index in [1.807, 2.05) is 0 Å². The van der Waals surface area contributed by atoms with Gasteiger partial charge in [0, 0.05) is 33.3 Å². The Bertz CT molecular complexity index is 499. The number of halogens is 1. The standard InChI is InChI=1S/C10H14BrNO3S2/c1-8(16(2)13)7-12-17(14,15)10-5-3-9(11)4-6-10/h3-6,8,12H,7H2,1-2H3. The summed E-state index contributed by atoms with van der Waals surface area (Å²) in [5.74, 6) is 0. The van der Waals surface area contributed by atoms with Gasteiger partial charge in [0.1, 0.15) is 0 Å². The van der Waals surface area contributed by atoms with Crippen LogP contribution in [-0.2, 0) is 20.8 Å². The van der Waals surface area contributed by atoms with E-state index in [0.717, 1.165) is 4.47 Å². The van der Waals surface area contributed by atoms with E-state index in [1.54, 1.807) is 25.3 Å². The Labute approximate surface area is 112 Å². The maximum atomic E-state index is 11.8. The molecule has 17 heavy (non-hydrogen) atoms. The molecule has 1 rings (SSSR count). The van der Waals surface area contributed by atoms with E-state index >= 15 is 0 Å². The first-order chi connectivity index (χ1) is 7.83. The largest absolute Gasteiger partial charge is 0.260 e. The van der Waals surface area contributed by atoms with Crippen LogP contribution in [0.2, 0.25) is 0 Å². The first-order valence-electron chi connectivity index (χ1n) is 4.90. The Morgan fingerprint density at radius 2 is 1.88 bits per heavy atom. The molecule has 2 atom stereocenters. The van der Waals surface area contributed by atoms with Crippen molar-refractivity contribution >= 4 is 36.8 Å². The molecule has 0 saturated carbocycles. The van der Waals surface area contributed by atoms with Gasteiger partial charge in [-0.05, 0) is 31.2 Å². The number of nitrogens with one attached hydrogen (secondary N) is 1. The van der Waals surface area contributed by atoms with Crippen molar-refractivity contribution in [3.8, 4) is 0 Å². The summed E-state index contributed by atoms with van der Waals surface area (Å²) < 4.78 is 38.1. The summed E-state index contributed by atoms with van der Waals surface area (Å²) in [6.07, 6.45) is 1.55. The molecule has 0 heterocycles. The van der Waals surface area contributed by atoms with Crippen LogP contribution in [0.4, 0.5) is 0 Å². The van der Waals surface area contributed by atoms with Gasteiger partial charge in [0.15, 0.2) is 0 Å². The molecule has 7 heteroatoms. The molecule has 0 aliphatic carbocycles. The number of rotatable bonds is 5. The Hall–Kier alpha value is -0.240. The number of sulfonamides is 1. The minimum absolute atomic E-state index is 0.168. The summed E-state index contributed by atoms with van der Waals surface area (Å²) in [5, 5.41) is -0.208. The third kappa shape index (κ3) is 4.50. The van der Waals surface area contributed by atoms with Crippen LogP contribution >= 0.6 is 15.9 Å².